The first-order valence-corrected chi connectivity index (χ1v) is 6.47. The van der Waals surface area contributed by atoms with E-state index in [1.807, 2.05) is 30.9 Å². The molecule has 1 atom stereocenters. The van der Waals surface area contributed by atoms with Crippen LogP contribution in [0.3, 0.4) is 0 Å². The molecule has 18 heavy (non-hydrogen) atoms. The molecule has 1 aliphatic heterocycles. The third-order valence-electron chi connectivity index (χ3n) is 3.69. The van der Waals surface area contributed by atoms with Crippen LogP contribution in [-0.2, 0) is 4.79 Å². The zero-order valence-corrected chi connectivity index (χ0v) is 11.1. The van der Waals surface area contributed by atoms with Crippen molar-refractivity contribution in [3.8, 4) is 0 Å². The maximum absolute atomic E-state index is 12.5. The second kappa shape index (κ2) is 5.06. The molecule has 0 saturated carbocycles. The molecule has 1 fully saturated rings. The Balaban J connectivity index is 2.21. The largest absolute Gasteiger partial charge is 0.335 e. The molecule has 4 nitrogen and oxygen atoms in total. The first kappa shape index (κ1) is 13.0. The van der Waals surface area contributed by atoms with Crippen LogP contribution in [0.1, 0.15) is 38.3 Å². The van der Waals surface area contributed by atoms with E-state index in [-0.39, 0.29) is 11.9 Å². The van der Waals surface area contributed by atoms with E-state index >= 15 is 0 Å². The van der Waals surface area contributed by atoms with E-state index in [9.17, 15) is 4.79 Å². The van der Waals surface area contributed by atoms with Crippen molar-refractivity contribution in [1.29, 1.82) is 0 Å². The number of rotatable bonds is 3. The Morgan fingerprint density at radius 1 is 1.50 bits per heavy atom. The summed E-state index contributed by atoms with van der Waals surface area (Å²) in [5, 5.41) is 0. The summed E-state index contributed by atoms with van der Waals surface area (Å²) in [7, 11) is 0. The first-order chi connectivity index (χ1) is 8.56. The molecular formula is C14H21N3O. The monoisotopic (exact) mass is 247 g/mol. The summed E-state index contributed by atoms with van der Waals surface area (Å²) < 4.78 is 0. The molecule has 98 valence electrons. The topological polar surface area (TPSA) is 59.2 Å². The van der Waals surface area contributed by atoms with Gasteiger partial charge in [0.05, 0.1) is 11.5 Å². The van der Waals surface area contributed by atoms with E-state index in [0.29, 0.717) is 6.54 Å². The van der Waals surface area contributed by atoms with Crippen LogP contribution < -0.4 is 5.73 Å². The number of pyridine rings is 1. The average Bonchev–Trinajstić information content (AvgIpc) is 2.87. The van der Waals surface area contributed by atoms with Crippen molar-refractivity contribution < 1.29 is 4.79 Å². The standard InChI is InChI=1S/C14H21N3O/c1-14(2,10-15)13(18)17-9-3-4-12(17)11-5-7-16-8-6-11/h5-8,12H,3-4,9-10,15H2,1-2H3. The highest BCUT2D eigenvalue weighted by molar-refractivity contribution is 5.83. The van der Waals surface area contributed by atoms with Gasteiger partial charge >= 0.3 is 0 Å². The van der Waals surface area contributed by atoms with Gasteiger partial charge in [-0.2, -0.15) is 0 Å². The fourth-order valence-electron chi connectivity index (χ4n) is 2.42. The van der Waals surface area contributed by atoms with Gasteiger partial charge < -0.3 is 10.6 Å². The SMILES string of the molecule is CC(C)(CN)C(=O)N1CCCC1c1ccncc1. The van der Waals surface area contributed by atoms with Crippen LogP contribution in [0.2, 0.25) is 0 Å². The predicted molar refractivity (Wildman–Crippen MR) is 70.8 cm³/mol. The predicted octanol–water partition coefficient (Wildman–Crippen LogP) is 1.73. The Kier molecular flexibility index (Phi) is 3.66. The molecule has 0 spiro atoms. The van der Waals surface area contributed by atoms with Crippen LogP contribution >= 0.6 is 0 Å². The lowest BCUT2D eigenvalue weighted by atomic mass is 9.91. The number of amides is 1. The Bertz CT molecular complexity index is 416. The number of hydrogen-bond acceptors (Lipinski definition) is 3. The van der Waals surface area contributed by atoms with Gasteiger partial charge in [-0.05, 0) is 44.4 Å². The van der Waals surface area contributed by atoms with E-state index in [1.54, 1.807) is 12.4 Å². The lowest BCUT2D eigenvalue weighted by Crippen LogP contribution is -2.44. The summed E-state index contributed by atoms with van der Waals surface area (Å²) in [5.41, 5.74) is 6.39. The Morgan fingerprint density at radius 2 is 2.17 bits per heavy atom. The lowest BCUT2D eigenvalue weighted by molar-refractivity contribution is -0.140. The summed E-state index contributed by atoms with van der Waals surface area (Å²) in [6, 6.07) is 4.17. The molecule has 1 unspecified atom stereocenters. The van der Waals surface area contributed by atoms with Crippen molar-refractivity contribution in [2.45, 2.75) is 32.7 Å². The molecule has 0 aliphatic carbocycles. The van der Waals surface area contributed by atoms with Gasteiger partial charge in [0.25, 0.3) is 0 Å². The van der Waals surface area contributed by atoms with Gasteiger partial charge in [0.15, 0.2) is 0 Å². The van der Waals surface area contributed by atoms with Crippen molar-refractivity contribution in [2.75, 3.05) is 13.1 Å². The highest BCUT2D eigenvalue weighted by atomic mass is 16.2. The lowest BCUT2D eigenvalue weighted by Gasteiger charge is -2.32. The molecule has 2 N–H and O–H groups in total. The number of nitrogens with two attached hydrogens (primary N) is 1. The molecule has 4 heteroatoms. The van der Waals surface area contributed by atoms with E-state index in [2.05, 4.69) is 4.98 Å². The molecule has 1 saturated heterocycles. The first-order valence-electron chi connectivity index (χ1n) is 6.47. The van der Waals surface area contributed by atoms with Crippen LogP contribution in [0, 0.1) is 5.41 Å². The maximum Gasteiger partial charge on any atom is 0.230 e. The van der Waals surface area contributed by atoms with Gasteiger partial charge in [-0.25, -0.2) is 0 Å². The molecule has 1 aromatic rings. The van der Waals surface area contributed by atoms with E-state index < -0.39 is 5.41 Å². The minimum absolute atomic E-state index is 0.157. The molecule has 2 heterocycles. The smallest absolute Gasteiger partial charge is 0.230 e. The van der Waals surface area contributed by atoms with Crippen molar-refractivity contribution in [3.05, 3.63) is 30.1 Å². The maximum atomic E-state index is 12.5. The fourth-order valence-corrected chi connectivity index (χ4v) is 2.42. The van der Waals surface area contributed by atoms with E-state index in [4.69, 9.17) is 5.73 Å². The Morgan fingerprint density at radius 3 is 2.78 bits per heavy atom. The van der Waals surface area contributed by atoms with E-state index in [1.165, 1.54) is 5.56 Å². The molecule has 1 amide bonds. The zero-order valence-electron chi connectivity index (χ0n) is 11.1. The molecule has 0 radical (unpaired) electrons. The van der Waals surface area contributed by atoms with Gasteiger partial charge in [-0.3, -0.25) is 9.78 Å². The second-order valence-electron chi connectivity index (χ2n) is 5.53. The van der Waals surface area contributed by atoms with E-state index in [0.717, 1.165) is 19.4 Å². The molecule has 0 aromatic carbocycles. The normalized spacial score (nSPS) is 20.2. The van der Waals surface area contributed by atoms with Crippen LogP contribution in [-0.4, -0.2) is 28.9 Å². The highest BCUT2D eigenvalue weighted by Gasteiger charge is 2.37. The summed E-state index contributed by atoms with van der Waals surface area (Å²) in [6.07, 6.45) is 5.64. The second-order valence-corrected chi connectivity index (χ2v) is 5.53. The molecule has 1 aliphatic rings. The fraction of sp³-hybridized carbons (Fsp3) is 0.571. The third-order valence-corrected chi connectivity index (χ3v) is 3.69. The number of likely N-dealkylation sites (tertiary alicyclic amines) is 1. The van der Waals surface area contributed by atoms with Crippen molar-refractivity contribution in [2.24, 2.45) is 11.1 Å². The van der Waals surface area contributed by atoms with Crippen LogP contribution in [0.5, 0.6) is 0 Å². The number of carbonyl (C=O) groups excluding carboxylic acids is 1. The third kappa shape index (κ3) is 2.38. The molecule has 2 rings (SSSR count). The number of hydrogen-bond donors (Lipinski definition) is 1. The minimum Gasteiger partial charge on any atom is -0.335 e. The van der Waals surface area contributed by atoms with Gasteiger partial charge in [-0.1, -0.05) is 0 Å². The number of aromatic nitrogens is 1. The van der Waals surface area contributed by atoms with Gasteiger partial charge in [0.2, 0.25) is 5.91 Å². The Labute approximate surface area is 108 Å². The van der Waals surface area contributed by atoms with Crippen molar-refractivity contribution in [3.63, 3.8) is 0 Å². The summed E-state index contributed by atoms with van der Waals surface area (Å²) in [6.45, 7) is 5.04. The molecule has 1 aromatic heterocycles. The van der Waals surface area contributed by atoms with Gasteiger partial charge in [0.1, 0.15) is 0 Å². The van der Waals surface area contributed by atoms with Crippen molar-refractivity contribution >= 4 is 5.91 Å². The Hall–Kier alpha value is -1.42. The average molecular weight is 247 g/mol. The number of carbonyl (C=O) groups is 1. The zero-order chi connectivity index (χ0) is 13.2. The van der Waals surface area contributed by atoms with Crippen LogP contribution in [0.4, 0.5) is 0 Å². The van der Waals surface area contributed by atoms with Crippen molar-refractivity contribution in [1.82, 2.24) is 9.88 Å². The number of nitrogens with zero attached hydrogens (tertiary/aromatic N) is 2. The molecule has 0 bridgehead atoms. The van der Waals surface area contributed by atoms with Crippen LogP contribution in [0.15, 0.2) is 24.5 Å². The van der Waals surface area contributed by atoms with Gasteiger partial charge in [-0.15, -0.1) is 0 Å². The minimum atomic E-state index is -0.477. The summed E-state index contributed by atoms with van der Waals surface area (Å²) in [5.74, 6) is 0.157. The van der Waals surface area contributed by atoms with Crippen LogP contribution in [0.25, 0.3) is 0 Å². The van der Waals surface area contributed by atoms with Gasteiger partial charge in [0, 0.05) is 25.5 Å². The highest BCUT2D eigenvalue weighted by Crippen LogP contribution is 2.34. The summed E-state index contributed by atoms with van der Waals surface area (Å²) in [4.78, 5) is 18.5. The molecular weight excluding hydrogens is 226 g/mol. The quantitative estimate of drug-likeness (QED) is 0.885. The summed E-state index contributed by atoms with van der Waals surface area (Å²) >= 11 is 0.